The molecule has 0 aliphatic carbocycles. The van der Waals surface area contributed by atoms with Gasteiger partial charge in [-0.2, -0.15) is 0 Å². The van der Waals surface area contributed by atoms with Crippen LogP contribution >= 0.6 is 0 Å². The zero-order chi connectivity index (χ0) is 19.5. The van der Waals surface area contributed by atoms with E-state index in [1.165, 1.54) is 0 Å². The summed E-state index contributed by atoms with van der Waals surface area (Å²) in [7, 11) is 0. The first-order chi connectivity index (χ1) is 13.2. The smallest absolute Gasteiger partial charge is 0.329 e. The predicted octanol–water partition coefficient (Wildman–Crippen LogP) is -0.0241. The molecule has 9 nitrogen and oxygen atoms in total. The molecule has 1 aromatic rings. The van der Waals surface area contributed by atoms with Crippen molar-refractivity contribution in [2.45, 2.75) is 0 Å². The summed E-state index contributed by atoms with van der Waals surface area (Å²) >= 11 is 0. The number of imide groups is 1. The quantitative estimate of drug-likeness (QED) is 0.265. The van der Waals surface area contributed by atoms with Crippen molar-refractivity contribution in [3.05, 3.63) is 35.5 Å². The predicted molar refractivity (Wildman–Crippen MR) is 96.0 cm³/mol. The van der Waals surface area contributed by atoms with Crippen LogP contribution in [-0.4, -0.2) is 79.8 Å². The Morgan fingerprint density at radius 1 is 0.926 bits per heavy atom. The van der Waals surface area contributed by atoms with Crippen LogP contribution < -0.4 is 10.1 Å². The Morgan fingerprint density at radius 2 is 1.59 bits per heavy atom. The number of aliphatic hydroxyl groups excluding tert-OH is 2. The Bertz CT molecular complexity index is 646. The third kappa shape index (κ3) is 6.65. The van der Waals surface area contributed by atoms with Crippen molar-refractivity contribution in [3.8, 4) is 5.75 Å². The van der Waals surface area contributed by atoms with Crippen LogP contribution in [0, 0.1) is 0 Å². The summed E-state index contributed by atoms with van der Waals surface area (Å²) < 4.78 is 15.7. The van der Waals surface area contributed by atoms with E-state index in [2.05, 4.69) is 5.32 Å². The van der Waals surface area contributed by atoms with Crippen molar-refractivity contribution < 1.29 is 34.0 Å². The van der Waals surface area contributed by atoms with Crippen molar-refractivity contribution in [2.24, 2.45) is 0 Å². The number of amides is 3. The normalized spacial score (nSPS) is 15.5. The topological polar surface area (TPSA) is 118 Å². The number of benzene rings is 1. The first kappa shape index (κ1) is 20.8. The molecule has 2 rings (SSSR count). The highest BCUT2D eigenvalue weighted by molar-refractivity contribution is 6.13. The molecule has 1 aliphatic rings. The lowest BCUT2D eigenvalue weighted by atomic mass is 10.2. The fourth-order valence-corrected chi connectivity index (χ4v) is 2.31. The Labute approximate surface area is 157 Å². The summed E-state index contributed by atoms with van der Waals surface area (Å²) in [4.78, 5) is 25.3. The van der Waals surface area contributed by atoms with Gasteiger partial charge in [-0.25, -0.2) is 4.79 Å². The Kier molecular flexibility index (Phi) is 8.72. The summed E-state index contributed by atoms with van der Waals surface area (Å²) in [5, 5.41) is 19.8. The molecule has 0 saturated carbocycles. The molecule has 1 aliphatic heterocycles. The number of rotatable bonds is 12. The molecule has 0 atom stereocenters. The number of carbonyl (C=O) groups excluding carboxylic acids is 2. The first-order valence-corrected chi connectivity index (χ1v) is 8.60. The molecular weight excluding hydrogens is 356 g/mol. The average Bonchev–Trinajstić information content (AvgIpc) is 2.93. The molecule has 1 heterocycles. The van der Waals surface area contributed by atoms with Crippen LogP contribution in [0.1, 0.15) is 5.56 Å². The summed E-state index contributed by atoms with van der Waals surface area (Å²) in [6, 6.07) is 6.54. The van der Waals surface area contributed by atoms with Gasteiger partial charge in [-0.3, -0.25) is 9.69 Å². The van der Waals surface area contributed by atoms with E-state index in [-0.39, 0.29) is 45.3 Å². The van der Waals surface area contributed by atoms with Gasteiger partial charge in [0.2, 0.25) is 0 Å². The van der Waals surface area contributed by atoms with Gasteiger partial charge in [-0.15, -0.1) is 0 Å². The molecule has 0 spiro atoms. The molecule has 0 radical (unpaired) electrons. The van der Waals surface area contributed by atoms with E-state index in [0.717, 1.165) is 10.5 Å². The van der Waals surface area contributed by atoms with Gasteiger partial charge >= 0.3 is 6.03 Å². The molecule has 148 valence electrons. The largest absolute Gasteiger partial charge is 0.491 e. The molecule has 0 bridgehead atoms. The van der Waals surface area contributed by atoms with E-state index in [0.29, 0.717) is 19.0 Å². The van der Waals surface area contributed by atoms with Crippen LogP contribution in [0.15, 0.2) is 30.0 Å². The third-order valence-electron chi connectivity index (χ3n) is 3.58. The minimum Gasteiger partial charge on any atom is -0.491 e. The van der Waals surface area contributed by atoms with Gasteiger partial charge in [-0.1, -0.05) is 12.1 Å². The number of nitrogens with zero attached hydrogens (tertiary/aromatic N) is 1. The zero-order valence-corrected chi connectivity index (χ0v) is 14.9. The minimum absolute atomic E-state index is 0.0221. The molecule has 1 saturated heterocycles. The Balaban J connectivity index is 1.86. The van der Waals surface area contributed by atoms with Crippen LogP contribution in [-0.2, 0) is 14.3 Å². The van der Waals surface area contributed by atoms with Crippen LogP contribution in [0.3, 0.4) is 0 Å². The number of hydrogen-bond acceptors (Lipinski definition) is 7. The molecule has 1 fully saturated rings. The molecule has 3 amide bonds. The Morgan fingerprint density at radius 3 is 2.26 bits per heavy atom. The number of hydrogen-bond donors (Lipinski definition) is 3. The lowest BCUT2D eigenvalue weighted by Crippen LogP contribution is -2.34. The summed E-state index contributed by atoms with van der Waals surface area (Å²) in [6.07, 6.45) is 1.59. The van der Waals surface area contributed by atoms with Gasteiger partial charge in [0.1, 0.15) is 18.1 Å². The lowest BCUT2D eigenvalue weighted by Gasteiger charge is -2.11. The fraction of sp³-hybridized carbons (Fsp3) is 0.444. The van der Waals surface area contributed by atoms with Gasteiger partial charge < -0.3 is 29.7 Å². The first-order valence-electron chi connectivity index (χ1n) is 8.60. The highest BCUT2D eigenvalue weighted by atomic mass is 16.5. The lowest BCUT2D eigenvalue weighted by molar-refractivity contribution is -0.123. The zero-order valence-electron chi connectivity index (χ0n) is 14.9. The number of ether oxygens (including phenoxy) is 3. The molecule has 9 heteroatoms. The molecule has 1 aromatic carbocycles. The summed E-state index contributed by atoms with van der Waals surface area (Å²) in [5.74, 6) is 0.225. The molecule has 0 unspecified atom stereocenters. The van der Waals surface area contributed by atoms with E-state index in [4.69, 9.17) is 24.4 Å². The molecule has 27 heavy (non-hydrogen) atoms. The van der Waals surface area contributed by atoms with Crippen molar-refractivity contribution in [2.75, 3.05) is 52.8 Å². The maximum Gasteiger partial charge on any atom is 0.329 e. The van der Waals surface area contributed by atoms with Crippen LogP contribution in [0.5, 0.6) is 5.75 Å². The summed E-state index contributed by atoms with van der Waals surface area (Å²) in [6.45, 7) is 1.34. The van der Waals surface area contributed by atoms with E-state index >= 15 is 0 Å². The van der Waals surface area contributed by atoms with Gasteiger partial charge in [0.15, 0.2) is 0 Å². The standard InChI is InChI=1S/C18H24N2O7/c21-6-9-25-8-5-20-17(23)16(19-18(20)24)13-14-1-3-15(4-2-14)27-12-11-26-10-7-22/h1-4,13,21-22H,5-12H2,(H,19,24)/b16-13-. The van der Waals surface area contributed by atoms with Crippen LogP contribution in [0.2, 0.25) is 0 Å². The Hall–Kier alpha value is -2.46. The highest BCUT2D eigenvalue weighted by Crippen LogP contribution is 2.17. The van der Waals surface area contributed by atoms with Crippen molar-refractivity contribution in [3.63, 3.8) is 0 Å². The number of carbonyl (C=O) groups is 2. The number of aliphatic hydroxyl groups is 2. The second-order valence-electron chi connectivity index (χ2n) is 5.53. The van der Waals surface area contributed by atoms with E-state index in [1.807, 2.05) is 0 Å². The van der Waals surface area contributed by atoms with Crippen molar-refractivity contribution >= 4 is 18.0 Å². The molecule has 0 aromatic heterocycles. The molecular formula is C18H24N2O7. The van der Waals surface area contributed by atoms with Gasteiger partial charge in [-0.05, 0) is 23.8 Å². The van der Waals surface area contributed by atoms with Gasteiger partial charge in [0.05, 0.1) is 46.2 Å². The second-order valence-corrected chi connectivity index (χ2v) is 5.53. The van der Waals surface area contributed by atoms with Crippen molar-refractivity contribution in [1.82, 2.24) is 10.2 Å². The maximum atomic E-state index is 12.3. The van der Waals surface area contributed by atoms with Crippen LogP contribution in [0.4, 0.5) is 4.79 Å². The van der Waals surface area contributed by atoms with Crippen LogP contribution in [0.25, 0.3) is 6.08 Å². The van der Waals surface area contributed by atoms with Gasteiger partial charge in [0, 0.05) is 0 Å². The fourth-order valence-electron chi connectivity index (χ4n) is 2.31. The monoisotopic (exact) mass is 380 g/mol. The SMILES string of the molecule is O=C1N/C(=C\c2ccc(OCCOCCO)cc2)C(=O)N1CCOCCO. The van der Waals surface area contributed by atoms with Gasteiger partial charge in [0.25, 0.3) is 5.91 Å². The average molecular weight is 380 g/mol. The van der Waals surface area contributed by atoms with E-state index in [1.54, 1.807) is 30.3 Å². The number of nitrogens with one attached hydrogen (secondary N) is 1. The van der Waals surface area contributed by atoms with E-state index in [9.17, 15) is 9.59 Å². The van der Waals surface area contributed by atoms with Crippen molar-refractivity contribution in [1.29, 1.82) is 0 Å². The van der Waals surface area contributed by atoms with E-state index < -0.39 is 11.9 Å². The maximum absolute atomic E-state index is 12.3. The molecule has 3 N–H and O–H groups in total. The highest BCUT2D eigenvalue weighted by Gasteiger charge is 2.33. The minimum atomic E-state index is -0.498. The summed E-state index contributed by atoms with van der Waals surface area (Å²) in [5.41, 5.74) is 0.925. The third-order valence-corrected chi connectivity index (χ3v) is 3.58. The number of urea groups is 1. The second kappa shape index (κ2) is 11.3.